The summed E-state index contributed by atoms with van der Waals surface area (Å²) in [4.78, 5) is 21.8. The summed E-state index contributed by atoms with van der Waals surface area (Å²) in [5.74, 6) is -0.384. The van der Waals surface area contributed by atoms with Gasteiger partial charge in [-0.15, -0.1) is 0 Å². The highest BCUT2D eigenvalue weighted by molar-refractivity contribution is 7.22. The SMILES string of the molecule is Cc1cc(C)n(CC(=O)N(CCN2CCOCC2)c2nc3ccc(F)cc3s2)n1. The number of ether oxygens (including phenoxy) is 1. The number of rotatable bonds is 6. The molecular formula is C20H24FN5O2S. The predicted octanol–water partition coefficient (Wildman–Crippen LogP) is 2.61. The molecule has 7 nitrogen and oxygen atoms in total. The van der Waals surface area contributed by atoms with Crippen molar-refractivity contribution in [3.05, 3.63) is 41.5 Å². The molecule has 0 atom stereocenters. The lowest BCUT2D eigenvalue weighted by atomic mass is 10.3. The van der Waals surface area contributed by atoms with Gasteiger partial charge >= 0.3 is 0 Å². The topological polar surface area (TPSA) is 63.5 Å². The number of carbonyl (C=O) groups is 1. The lowest BCUT2D eigenvalue weighted by Gasteiger charge is -2.29. The van der Waals surface area contributed by atoms with Crippen LogP contribution in [0.5, 0.6) is 0 Å². The molecule has 2 aromatic heterocycles. The fourth-order valence-corrected chi connectivity index (χ4v) is 4.48. The van der Waals surface area contributed by atoms with Crippen molar-refractivity contribution in [2.75, 3.05) is 44.3 Å². The molecule has 29 heavy (non-hydrogen) atoms. The molecule has 1 saturated heterocycles. The number of hydrogen-bond donors (Lipinski definition) is 0. The average Bonchev–Trinajstić information content (AvgIpc) is 3.24. The number of amides is 1. The minimum absolute atomic E-state index is 0.0796. The Morgan fingerprint density at radius 3 is 2.79 bits per heavy atom. The predicted molar refractivity (Wildman–Crippen MR) is 111 cm³/mol. The fourth-order valence-electron chi connectivity index (χ4n) is 3.44. The molecule has 1 aromatic carbocycles. The first-order valence-corrected chi connectivity index (χ1v) is 10.5. The highest BCUT2D eigenvalue weighted by Crippen LogP contribution is 2.29. The van der Waals surface area contributed by atoms with Crippen LogP contribution in [0.2, 0.25) is 0 Å². The molecule has 0 N–H and O–H groups in total. The molecule has 154 valence electrons. The summed E-state index contributed by atoms with van der Waals surface area (Å²) in [6.07, 6.45) is 0. The van der Waals surface area contributed by atoms with Crippen molar-refractivity contribution < 1.29 is 13.9 Å². The van der Waals surface area contributed by atoms with Crippen LogP contribution in [0.4, 0.5) is 9.52 Å². The van der Waals surface area contributed by atoms with E-state index in [1.807, 2.05) is 19.9 Å². The van der Waals surface area contributed by atoms with E-state index in [-0.39, 0.29) is 18.3 Å². The Labute approximate surface area is 172 Å². The van der Waals surface area contributed by atoms with Crippen molar-refractivity contribution in [2.45, 2.75) is 20.4 Å². The van der Waals surface area contributed by atoms with Gasteiger partial charge in [0.05, 0.1) is 29.1 Å². The summed E-state index contributed by atoms with van der Waals surface area (Å²) < 4.78 is 21.4. The van der Waals surface area contributed by atoms with Crippen LogP contribution in [0.15, 0.2) is 24.3 Å². The highest BCUT2D eigenvalue weighted by Gasteiger charge is 2.22. The van der Waals surface area contributed by atoms with Crippen LogP contribution < -0.4 is 4.90 Å². The summed E-state index contributed by atoms with van der Waals surface area (Å²) >= 11 is 1.34. The molecule has 1 amide bonds. The maximum absolute atomic E-state index is 13.6. The van der Waals surface area contributed by atoms with Gasteiger partial charge in [-0.25, -0.2) is 9.37 Å². The number of nitrogens with zero attached hydrogens (tertiary/aromatic N) is 5. The Kier molecular flexibility index (Phi) is 5.89. The number of fused-ring (bicyclic) bond motifs is 1. The van der Waals surface area contributed by atoms with Crippen molar-refractivity contribution in [2.24, 2.45) is 0 Å². The smallest absolute Gasteiger partial charge is 0.250 e. The number of aromatic nitrogens is 3. The Balaban J connectivity index is 1.58. The molecule has 0 spiro atoms. The van der Waals surface area contributed by atoms with Crippen LogP contribution in [0, 0.1) is 19.7 Å². The van der Waals surface area contributed by atoms with E-state index in [1.165, 1.54) is 23.5 Å². The Morgan fingerprint density at radius 1 is 1.28 bits per heavy atom. The number of benzene rings is 1. The van der Waals surface area contributed by atoms with E-state index in [0.717, 1.165) is 35.7 Å². The molecule has 1 fully saturated rings. The lowest BCUT2D eigenvalue weighted by molar-refractivity contribution is -0.119. The molecule has 1 aliphatic heterocycles. The Bertz CT molecular complexity index is 1010. The normalized spacial score (nSPS) is 15.1. The third-order valence-corrected chi connectivity index (χ3v) is 6.04. The van der Waals surface area contributed by atoms with Crippen molar-refractivity contribution in [1.82, 2.24) is 19.7 Å². The number of anilines is 1. The second-order valence-corrected chi connectivity index (χ2v) is 8.20. The third-order valence-electron chi connectivity index (χ3n) is 5.00. The van der Waals surface area contributed by atoms with E-state index in [1.54, 1.807) is 15.6 Å². The van der Waals surface area contributed by atoms with Crippen LogP contribution in [0.3, 0.4) is 0 Å². The van der Waals surface area contributed by atoms with Gasteiger partial charge in [0.2, 0.25) is 0 Å². The van der Waals surface area contributed by atoms with Crippen molar-refractivity contribution in [1.29, 1.82) is 0 Å². The molecule has 3 aromatic rings. The number of carbonyl (C=O) groups excluding carboxylic acids is 1. The minimum atomic E-state index is -0.304. The van der Waals surface area contributed by atoms with E-state index in [0.29, 0.717) is 30.4 Å². The number of hydrogen-bond acceptors (Lipinski definition) is 6. The van der Waals surface area contributed by atoms with E-state index in [9.17, 15) is 9.18 Å². The zero-order valence-corrected chi connectivity index (χ0v) is 17.4. The van der Waals surface area contributed by atoms with Crippen LogP contribution >= 0.6 is 11.3 Å². The number of aryl methyl sites for hydroxylation is 2. The first-order chi connectivity index (χ1) is 14.0. The van der Waals surface area contributed by atoms with Crippen molar-refractivity contribution >= 4 is 32.6 Å². The molecular weight excluding hydrogens is 393 g/mol. The van der Waals surface area contributed by atoms with Gasteiger partial charge in [-0.3, -0.25) is 19.3 Å². The summed E-state index contributed by atoms with van der Waals surface area (Å²) in [6.45, 7) is 8.36. The van der Waals surface area contributed by atoms with E-state index < -0.39 is 0 Å². The number of morpholine rings is 1. The monoisotopic (exact) mass is 417 g/mol. The molecule has 0 saturated carbocycles. The van der Waals surface area contributed by atoms with Crippen LogP contribution in [-0.4, -0.2) is 65.0 Å². The Morgan fingerprint density at radius 2 is 2.07 bits per heavy atom. The molecule has 0 unspecified atom stereocenters. The fraction of sp³-hybridized carbons (Fsp3) is 0.450. The second kappa shape index (κ2) is 8.56. The first kappa shape index (κ1) is 19.9. The first-order valence-electron chi connectivity index (χ1n) is 9.67. The van der Waals surface area contributed by atoms with Crippen LogP contribution in [0.1, 0.15) is 11.4 Å². The van der Waals surface area contributed by atoms with Gasteiger partial charge < -0.3 is 4.74 Å². The zero-order valence-electron chi connectivity index (χ0n) is 16.6. The van der Waals surface area contributed by atoms with Crippen molar-refractivity contribution in [3.63, 3.8) is 0 Å². The Hall–Kier alpha value is -2.36. The summed E-state index contributed by atoms with van der Waals surface area (Å²) in [6, 6.07) is 6.45. The summed E-state index contributed by atoms with van der Waals surface area (Å²) in [7, 11) is 0. The lowest BCUT2D eigenvalue weighted by Crippen LogP contribution is -2.44. The van der Waals surface area contributed by atoms with Crippen LogP contribution in [0.25, 0.3) is 10.2 Å². The van der Waals surface area contributed by atoms with Gasteiger partial charge in [0.15, 0.2) is 5.13 Å². The minimum Gasteiger partial charge on any atom is -0.379 e. The molecule has 4 rings (SSSR count). The summed E-state index contributed by atoms with van der Waals surface area (Å²) in [5, 5.41) is 4.99. The number of thiazole rings is 1. The van der Waals surface area contributed by atoms with Gasteiger partial charge in [-0.1, -0.05) is 11.3 Å². The third kappa shape index (κ3) is 4.63. The standard InChI is InChI=1S/C20H24FN5O2S/c1-14-11-15(2)26(23-14)13-19(27)25(6-5-24-7-9-28-10-8-24)20-22-17-4-3-16(21)12-18(17)29-20/h3-4,11-12H,5-10,13H2,1-2H3. The highest BCUT2D eigenvalue weighted by atomic mass is 32.1. The maximum atomic E-state index is 13.6. The molecule has 0 radical (unpaired) electrons. The van der Waals surface area contributed by atoms with Gasteiger partial charge in [0, 0.05) is 31.9 Å². The second-order valence-electron chi connectivity index (χ2n) is 7.19. The van der Waals surface area contributed by atoms with E-state index >= 15 is 0 Å². The molecule has 0 aliphatic carbocycles. The number of halogens is 1. The van der Waals surface area contributed by atoms with Gasteiger partial charge in [-0.2, -0.15) is 5.10 Å². The molecule has 1 aliphatic rings. The molecule has 9 heteroatoms. The van der Waals surface area contributed by atoms with E-state index in [2.05, 4.69) is 15.0 Å². The molecule has 0 bridgehead atoms. The average molecular weight is 418 g/mol. The largest absolute Gasteiger partial charge is 0.379 e. The van der Waals surface area contributed by atoms with Gasteiger partial charge in [0.1, 0.15) is 12.4 Å². The van der Waals surface area contributed by atoms with Crippen LogP contribution in [-0.2, 0) is 16.1 Å². The molecule has 3 heterocycles. The maximum Gasteiger partial charge on any atom is 0.250 e. The van der Waals surface area contributed by atoms with E-state index in [4.69, 9.17) is 4.74 Å². The van der Waals surface area contributed by atoms with Gasteiger partial charge in [0.25, 0.3) is 5.91 Å². The van der Waals surface area contributed by atoms with Gasteiger partial charge in [-0.05, 0) is 38.1 Å². The summed E-state index contributed by atoms with van der Waals surface area (Å²) in [5.41, 5.74) is 2.52. The van der Waals surface area contributed by atoms with Crippen molar-refractivity contribution in [3.8, 4) is 0 Å². The zero-order chi connectivity index (χ0) is 20.4. The quantitative estimate of drug-likeness (QED) is 0.617.